The maximum absolute atomic E-state index is 13.3. The quantitative estimate of drug-likeness (QED) is 0.268. The van der Waals surface area contributed by atoms with Gasteiger partial charge in [0.25, 0.3) is 5.91 Å². The zero-order valence-corrected chi connectivity index (χ0v) is 20.4. The molecule has 0 spiro atoms. The third-order valence-corrected chi connectivity index (χ3v) is 6.91. The molecule has 4 nitrogen and oxygen atoms in total. The third-order valence-electron chi connectivity index (χ3n) is 6.91. The van der Waals surface area contributed by atoms with E-state index in [1.54, 1.807) is 0 Å². The average Bonchev–Trinajstić information content (AvgIpc) is 3.33. The van der Waals surface area contributed by atoms with Crippen molar-refractivity contribution < 1.29 is 4.79 Å². The highest BCUT2D eigenvalue weighted by atomic mass is 16.1. The molecular weight excluding hydrogens is 430 g/mol. The first-order valence-corrected chi connectivity index (χ1v) is 12.7. The van der Waals surface area contributed by atoms with Crippen molar-refractivity contribution in [2.75, 3.05) is 25.0 Å². The summed E-state index contributed by atoms with van der Waals surface area (Å²) in [5, 5.41) is 4.29. The number of carbonyl (C=O) groups excluding carboxylic acids is 1. The molecule has 0 radical (unpaired) electrons. The number of carbonyl (C=O) groups is 1. The van der Waals surface area contributed by atoms with Gasteiger partial charge in [-0.05, 0) is 60.4 Å². The highest BCUT2D eigenvalue weighted by Crippen LogP contribution is 2.31. The van der Waals surface area contributed by atoms with Gasteiger partial charge in [0.05, 0.1) is 0 Å². The fraction of sp³-hybridized carbons (Fsp3) is 0.258. The van der Waals surface area contributed by atoms with Crippen LogP contribution >= 0.6 is 0 Å². The van der Waals surface area contributed by atoms with Crippen LogP contribution in [0.1, 0.15) is 48.5 Å². The van der Waals surface area contributed by atoms with Crippen molar-refractivity contribution in [3.05, 3.63) is 96.2 Å². The van der Waals surface area contributed by atoms with E-state index in [1.807, 2.05) is 60.7 Å². The van der Waals surface area contributed by atoms with Crippen LogP contribution in [0.15, 0.2) is 85.1 Å². The molecule has 178 valence electrons. The molecule has 0 unspecified atom stereocenters. The summed E-state index contributed by atoms with van der Waals surface area (Å²) in [6.07, 6.45) is 9.39. The van der Waals surface area contributed by atoms with Gasteiger partial charge in [0.1, 0.15) is 0 Å². The minimum atomic E-state index is -0.0968. The van der Waals surface area contributed by atoms with Crippen LogP contribution in [0.5, 0.6) is 0 Å². The number of hydrogen-bond donors (Lipinski definition) is 2. The van der Waals surface area contributed by atoms with E-state index in [2.05, 4.69) is 46.5 Å². The minimum absolute atomic E-state index is 0.0968. The van der Waals surface area contributed by atoms with E-state index in [0.29, 0.717) is 5.56 Å². The third kappa shape index (κ3) is 5.23. The summed E-state index contributed by atoms with van der Waals surface area (Å²) in [4.78, 5) is 19.2. The molecule has 2 heterocycles. The first kappa shape index (κ1) is 23.1. The SMILES string of the molecule is CCCCCN1CC=C(c2c[nH]c3ccc(NC(=O)c4ccccc4-c4ccccc4)cc23)CC1. The van der Waals surface area contributed by atoms with Crippen LogP contribution in [0.2, 0.25) is 0 Å². The molecule has 35 heavy (non-hydrogen) atoms. The van der Waals surface area contributed by atoms with Crippen LogP contribution in [-0.4, -0.2) is 35.4 Å². The average molecular weight is 464 g/mol. The van der Waals surface area contributed by atoms with Gasteiger partial charge in [-0.15, -0.1) is 0 Å². The summed E-state index contributed by atoms with van der Waals surface area (Å²) < 4.78 is 0. The van der Waals surface area contributed by atoms with Gasteiger partial charge < -0.3 is 10.3 Å². The lowest BCUT2D eigenvalue weighted by Crippen LogP contribution is -2.29. The Morgan fingerprint density at radius 1 is 0.971 bits per heavy atom. The maximum Gasteiger partial charge on any atom is 0.256 e. The predicted octanol–water partition coefficient (Wildman–Crippen LogP) is 7.37. The topological polar surface area (TPSA) is 48.1 Å². The van der Waals surface area contributed by atoms with E-state index in [9.17, 15) is 4.79 Å². The van der Waals surface area contributed by atoms with Crippen molar-refractivity contribution >= 4 is 28.1 Å². The molecule has 3 aromatic carbocycles. The molecule has 1 amide bonds. The number of nitrogens with zero attached hydrogens (tertiary/aromatic N) is 1. The number of nitrogens with one attached hydrogen (secondary N) is 2. The van der Waals surface area contributed by atoms with Gasteiger partial charge >= 0.3 is 0 Å². The Morgan fingerprint density at radius 2 is 1.80 bits per heavy atom. The van der Waals surface area contributed by atoms with Crippen LogP contribution < -0.4 is 5.32 Å². The lowest BCUT2D eigenvalue weighted by molar-refractivity contribution is 0.102. The van der Waals surface area contributed by atoms with Gasteiger partial charge in [0.15, 0.2) is 0 Å². The molecule has 2 N–H and O–H groups in total. The zero-order chi connectivity index (χ0) is 24.0. The standard InChI is InChI=1S/C31H33N3O/c1-2-3-9-18-34-19-16-24(17-20-34)29-22-32-30-15-14-25(21-28(29)30)33-31(35)27-13-8-7-12-26(27)23-10-5-4-6-11-23/h4-8,10-16,21-22,32H,2-3,9,17-20H2,1H3,(H,33,35). The molecule has 1 aromatic heterocycles. The first-order valence-electron chi connectivity index (χ1n) is 12.7. The highest BCUT2D eigenvalue weighted by molar-refractivity contribution is 6.09. The van der Waals surface area contributed by atoms with Crippen LogP contribution in [0, 0.1) is 0 Å². The molecule has 0 aliphatic carbocycles. The number of rotatable bonds is 8. The molecule has 0 saturated heterocycles. The van der Waals surface area contributed by atoms with Crippen LogP contribution in [0.3, 0.4) is 0 Å². The molecule has 0 saturated carbocycles. The second-order valence-corrected chi connectivity index (χ2v) is 9.32. The molecule has 4 heteroatoms. The van der Waals surface area contributed by atoms with Gasteiger partial charge in [0, 0.05) is 47.0 Å². The Morgan fingerprint density at radius 3 is 2.60 bits per heavy atom. The maximum atomic E-state index is 13.3. The Labute approximate surface area is 207 Å². The van der Waals surface area contributed by atoms with Gasteiger partial charge in [0.2, 0.25) is 0 Å². The highest BCUT2D eigenvalue weighted by Gasteiger charge is 2.17. The summed E-state index contributed by atoms with van der Waals surface area (Å²) in [6.45, 7) is 5.56. The van der Waals surface area contributed by atoms with Crippen LogP contribution in [0.25, 0.3) is 27.6 Å². The van der Waals surface area contributed by atoms with Gasteiger partial charge in [-0.25, -0.2) is 0 Å². The summed E-state index contributed by atoms with van der Waals surface area (Å²) in [5.74, 6) is -0.0968. The zero-order valence-electron chi connectivity index (χ0n) is 20.4. The smallest absolute Gasteiger partial charge is 0.256 e. The Kier molecular flexibility index (Phi) is 7.10. The molecule has 0 bridgehead atoms. The summed E-state index contributed by atoms with van der Waals surface area (Å²) >= 11 is 0. The molecule has 1 aliphatic rings. The fourth-order valence-corrected chi connectivity index (χ4v) is 4.96. The van der Waals surface area contributed by atoms with E-state index in [1.165, 1.54) is 36.9 Å². The van der Waals surface area contributed by atoms with E-state index < -0.39 is 0 Å². The number of hydrogen-bond acceptors (Lipinski definition) is 2. The number of benzene rings is 3. The van der Waals surface area contributed by atoms with Crippen molar-refractivity contribution in [2.45, 2.75) is 32.6 Å². The van der Waals surface area contributed by atoms with E-state index in [-0.39, 0.29) is 5.91 Å². The lowest BCUT2D eigenvalue weighted by Gasteiger charge is -2.26. The first-order chi connectivity index (χ1) is 17.2. The monoisotopic (exact) mass is 463 g/mol. The van der Waals surface area contributed by atoms with Crippen LogP contribution in [-0.2, 0) is 0 Å². The molecule has 4 aromatic rings. The number of unbranched alkanes of at least 4 members (excludes halogenated alkanes) is 2. The van der Waals surface area contributed by atoms with E-state index >= 15 is 0 Å². The Bertz CT molecular complexity index is 1340. The van der Waals surface area contributed by atoms with Crippen molar-refractivity contribution in [1.82, 2.24) is 9.88 Å². The fourth-order valence-electron chi connectivity index (χ4n) is 4.96. The number of anilines is 1. The van der Waals surface area contributed by atoms with Gasteiger partial charge in [-0.2, -0.15) is 0 Å². The largest absolute Gasteiger partial charge is 0.361 e. The number of H-pyrrole nitrogens is 1. The van der Waals surface area contributed by atoms with Gasteiger partial charge in [-0.1, -0.05) is 74.4 Å². The van der Waals surface area contributed by atoms with Crippen molar-refractivity contribution in [1.29, 1.82) is 0 Å². The molecule has 5 rings (SSSR count). The Hall–Kier alpha value is -3.63. The predicted molar refractivity (Wildman–Crippen MR) is 147 cm³/mol. The molecular formula is C31H33N3O. The van der Waals surface area contributed by atoms with Crippen molar-refractivity contribution in [2.24, 2.45) is 0 Å². The Balaban J connectivity index is 1.35. The number of aromatic nitrogens is 1. The number of fused-ring (bicyclic) bond motifs is 1. The van der Waals surface area contributed by atoms with Gasteiger partial charge in [-0.3, -0.25) is 9.69 Å². The normalized spacial score (nSPS) is 14.1. The van der Waals surface area contributed by atoms with E-state index in [4.69, 9.17) is 0 Å². The lowest BCUT2D eigenvalue weighted by atomic mass is 9.98. The summed E-state index contributed by atoms with van der Waals surface area (Å²) in [5.41, 5.74) is 7.18. The van der Waals surface area contributed by atoms with Crippen LogP contribution in [0.4, 0.5) is 5.69 Å². The molecule has 0 atom stereocenters. The summed E-state index contributed by atoms with van der Waals surface area (Å²) in [7, 11) is 0. The molecule has 1 aliphatic heterocycles. The second kappa shape index (κ2) is 10.7. The summed E-state index contributed by atoms with van der Waals surface area (Å²) in [6, 6.07) is 23.9. The number of aromatic amines is 1. The molecule has 0 fully saturated rings. The van der Waals surface area contributed by atoms with E-state index in [0.717, 1.165) is 47.2 Å². The van der Waals surface area contributed by atoms with Crippen molar-refractivity contribution in [3.63, 3.8) is 0 Å². The minimum Gasteiger partial charge on any atom is -0.361 e. The second-order valence-electron chi connectivity index (χ2n) is 9.32. The van der Waals surface area contributed by atoms with Crippen molar-refractivity contribution in [3.8, 4) is 11.1 Å². The number of amides is 1.